The molecule has 1 fully saturated rings. The van der Waals surface area contributed by atoms with Crippen LogP contribution in [0.4, 0.5) is 16.0 Å². The van der Waals surface area contributed by atoms with Crippen molar-refractivity contribution in [2.24, 2.45) is 0 Å². The second kappa shape index (κ2) is 6.07. The average molecular weight is 342 g/mol. The normalized spacial score (nSPS) is 23.1. The van der Waals surface area contributed by atoms with Gasteiger partial charge in [0.1, 0.15) is 5.82 Å². The molecule has 130 valence electrons. The van der Waals surface area contributed by atoms with Gasteiger partial charge in [0.05, 0.1) is 30.0 Å². The van der Waals surface area contributed by atoms with Crippen molar-refractivity contribution < 1.29 is 13.9 Å². The van der Waals surface area contributed by atoms with Gasteiger partial charge in [0, 0.05) is 25.0 Å². The third-order valence-electron chi connectivity index (χ3n) is 4.48. The molecule has 1 saturated heterocycles. The van der Waals surface area contributed by atoms with Gasteiger partial charge in [0.25, 0.3) is 5.91 Å². The monoisotopic (exact) mass is 342 g/mol. The summed E-state index contributed by atoms with van der Waals surface area (Å²) in [5.74, 6) is 0.136. The second-order valence-corrected chi connectivity index (χ2v) is 6.56. The van der Waals surface area contributed by atoms with Crippen LogP contribution in [0.25, 0.3) is 0 Å². The molecule has 6 nitrogen and oxygen atoms in total. The van der Waals surface area contributed by atoms with Crippen LogP contribution in [0.5, 0.6) is 0 Å². The van der Waals surface area contributed by atoms with E-state index in [1.54, 1.807) is 23.2 Å². The molecule has 0 unspecified atom stereocenters. The van der Waals surface area contributed by atoms with Gasteiger partial charge in [0.15, 0.2) is 0 Å². The van der Waals surface area contributed by atoms with Crippen LogP contribution in [-0.2, 0) is 11.3 Å². The van der Waals surface area contributed by atoms with Gasteiger partial charge >= 0.3 is 0 Å². The molecule has 0 aliphatic carbocycles. The zero-order chi connectivity index (χ0) is 17.6. The van der Waals surface area contributed by atoms with Crippen LogP contribution in [-0.4, -0.2) is 41.2 Å². The van der Waals surface area contributed by atoms with Crippen molar-refractivity contribution in [3.05, 3.63) is 47.5 Å². The summed E-state index contributed by atoms with van der Waals surface area (Å²) >= 11 is 0. The maximum atomic E-state index is 13.1. The van der Waals surface area contributed by atoms with E-state index in [0.717, 1.165) is 13.1 Å². The Morgan fingerprint density at radius 3 is 2.52 bits per heavy atom. The Kier molecular flexibility index (Phi) is 3.88. The Hall–Kier alpha value is -2.54. The predicted molar refractivity (Wildman–Crippen MR) is 91.2 cm³/mol. The number of nitrogens with zero attached hydrogens (tertiary/aromatic N) is 4. The highest BCUT2D eigenvalue weighted by atomic mass is 19.1. The van der Waals surface area contributed by atoms with E-state index in [-0.39, 0.29) is 23.9 Å². The van der Waals surface area contributed by atoms with Crippen molar-refractivity contribution in [2.45, 2.75) is 32.6 Å². The lowest BCUT2D eigenvalue weighted by Gasteiger charge is -2.35. The molecular weight excluding hydrogens is 323 g/mol. The average Bonchev–Trinajstić information content (AvgIpc) is 2.91. The maximum Gasteiger partial charge on any atom is 0.262 e. The minimum atomic E-state index is -0.328. The molecule has 4 rings (SSSR count). The van der Waals surface area contributed by atoms with E-state index in [4.69, 9.17) is 4.74 Å². The van der Waals surface area contributed by atoms with Crippen molar-refractivity contribution in [2.75, 3.05) is 22.9 Å². The Labute approximate surface area is 145 Å². The third-order valence-corrected chi connectivity index (χ3v) is 4.48. The zero-order valence-corrected chi connectivity index (χ0v) is 14.1. The molecule has 0 spiro atoms. The number of carbonyl (C=O) groups excluding carboxylic acids is 1. The molecule has 2 aliphatic heterocycles. The fourth-order valence-electron chi connectivity index (χ4n) is 3.40. The summed E-state index contributed by atoms with van der Waals surface area (Å²) in [4.78, 5) is 25.3. The van der Waals surface area contributed by atoms with E-state index in [2.05, 4.69) is 14.9 Å². The highest BCUT2D eigenvalue weighted by Gasteiger charge is 2.32. The summed E-state index contributed by atoms with van der Waals surface area (Å²) < 4.78 is 18.9. The van der Waals surface area contributed by atoms with Crippen LogP contribution in [0.1, 0.15) is 29.9 Å². The lowest BCUT2D eigenvalue weighted by atomic mass is 10.2. The number of carbonyl (C=O) groups is 1. The Balaban J connectivity index is 1.60. The number of aromatic nitrogens is 2. The standard InChI is InChI=1S/C18H19FN4O2/c1-11-8-22(9-12(2)25-11)18-20-7-15-16(21-18)10-23(17(15)24)14-5-3-13(19)4-6-14/h3-7,11-12H,8-10H2,1-2H3/t11-,12-/m1/s1. The van der Waals surface area contributed by atoms with Gasteiger partial charge in [-0.3, -0.25) is 4.79 Å². The van der Waals surface area contributed by atoms with Crippen LogP contribution in [0.15, 0.2) is 30.5 Å². The number of morpholine rings is 1. The molecule has 0 N–H and O–H groups in total. The number of rotatable bonds is 2. The summed E-state index contributed by atoms with van der Waals surface area (Å²) in [6.45, 7) is 5.86. The van der Waals surface area contributed by atoms with Crippen molar-refractivity contribution in [1.29, 1.82) is 0 Å². The predicted octanol–water partition coefficient (Wildman–Crippen LogP) is 2.39. The number of halogens is 1. The highest BCUT2D eigenvalue weighted by molar-refractivity contribution is 6.09. The quantitative estimate of drug-likeness (QED) is 0.839. The lowest BCUT2D eigenvalue weighted by Crippen LogP contribution is -2.46. The third kappa shape index (κ3) is 2.95. The van der Waals surface area contributed by atoms with Gasteiger partial charge in [0.2, 0.25) is 5.95 Å². The van der Waals surface area contributed by atoms with Gasteiger partial charge in [-0.1, -0.05) is 0 Å². The molecule has 1 amide bonds. The highest BCUT2D eigenvalue weighted by Crippen LogP contribution is 2.28. The summed E-state index contributed by atoms with van der Waals surface area (Å²) in [6.07, 6.45) is 1.81. The molecule has 1 aromatic heterocycles. The first-order valence-corrected chi connectivity index (χ1v) is 8.35. The molecule has 2 aromatic rings. The number of hydrogen-bond donors (Lipinski definition) is 0. The van der Waals surface area contributed by atoms with E-state index >= 15 is 0 Å². The van der Waals surface area contributed by atoms with Crippen molar-refractivity contribution in [3.8, 4) is 0 Å². The molecule has 0 saturated carbocycles. The number of amides is 1. The molecule has 3 heterocycles. The molecule has 1 aromatic carbocycles. The second-order valence-electron chi connectivity index (χ2n) is 6.56. The molecule has 0 bridgehead atoms. The van der Waals surface area contributed by atoms with Crippen molar-refractivity contribution >= 4 is 17.5 Å². The first-order valence-electron chi connectivity index (χ1n) is 8.35. The lowest BCUT2D eigenvalue weighted by molar-refractivity contribution is -0.00573. The fourth-order valence-corrected chi connectivity index (χ4v) is 3.40. The minimum Gasteiger partial charge on any atom is -0.372 e. The Morgan fingerprint density at radius 1 is 1.16 bits per heavy atom. The van der Waals surface area contributed by atoms with Crippen LogP contribution in [0, 0.1) is 5.82 Å². The van der Waals surface area contributed by atoms with Gasteiger partial charge in [-0.05, 0) is 38.1 Å². The number of fused-ring (bicyclic) bond motifs is 1. The number of benzene rings is 1. The fraction of sp³-hybridized carbons (Fsp3) is 0.389. The molecule has 0 radical (unpaired) electrons. The van der Waals surface area contributed by atoms with Crippen LogP contribution in [0.2, 0.25) is 0 Å². The first-order chi connectivity index (χ1) is 12.0. The van der Waals surface area contributed by atoms with E-state index < -0.39 is 0 Å². The van der Waals surface area contributed by atoms with Crippen molar-refractivity contribution in [3.63, 3.8) is 0 Å². The minimum absolute atomic E-state index is 0.109. The number of hydrogen-bond acceptors (Lipinski definition) is 5. The molecular formula is C18H19FN4O2. The van der Waals surface area contributed by atoms with Crippen LogP contribution >= 0.6 is 0 Å². The topological polar surface area (TPSA) is 58.6 Å². The summed E-state index contributed by atoms with van der Waals surface area (Å²) in [6, 6.07) is 5.88. The van der Waals surface area contributed by atoms with Gasteiger partial charge in [-0.2, -0.15) is 0 Å². The summed E-state index contributed by atoms with van der Waals surface area (Å²) in [5.41, 5.74) is 1.85. The van der Waals surface area contributed by atoms with E-state index in [1.165, 1.54) is 12.1 Å². The molecule has 25 heavy (non-hydrogen) atoms. The smallest absolute Gasteiger partial charge is 0.262 e. The Bertz CT molecular complexity index is 801. The maximum absolute atomic E-state index is 13.1. The molecule has 2 aliphatic rings. The summed E-state index contributed by atoms with van der Waals surface area (Å²) in [5, 5.41) is 0. The SMILES string of the molecule is C[C@@H]1CN(c2ncc3c(n2)CN(c2ccc(F)cc2)C3=O)C[C@@H](C)O1. The largest absolute Gasteiger partial charge is 0.372 e. The van der Waals surface area contributed by atoms with Crippen molar-refractivity contribution in [1.82, 2.24) is 9.97 Å². The van der Waals surface area contributed by atoms with E-state index in [9.17, 15) is 9.18 Å². The van der Waals surface area contributed by atoms with Gasteiger partial charge in [-0.25, -0.2) is 14.4 Å². The number of anilines is 2. The Morgan fingerprint density at radius 2 is 1.84 bits per heavy atom. The van der Waals surface area contributed by atoms with Crippen LogP contribution in [0.3, 0.4) is 0 Å². The zero-order valence-electron chi connectivity index (χ0n) is 14.1. The molecule has 7 heteroatoms. The molecule has 2 atom stereocenters. The first kappa shape index (κ1) is 16.0. The summed E-state index contributed by atoms with van der Waals surface area (Å²) in [7, 11) is 0. The van der Waals surface area contributed by atoms with Crippen LogP contribution < -0.4 is 9.80 Å². The van der Waals surface area contributed by atoms with E-state index in [1.807, 2.05) is 13.8 Å². The van der Waals surface area contributed by atoms with Gasteiger partial charge < -0.3 is 14.5 Å². The van der Waals surface area contributed by atoms with E-state index in [0.29, 0.717) is 29.4 Å². The van der Waals surface area contributed by atoms with Gasteiger partial charge in [-0.15, -0.1) is 0 Å². The number of ether oxygens (including phenoxy) is 1.